The van der Waals surface area contributed by atoms with Crippen molar-refractivity contribution in [1.29, 1.82) is 0 Å². The Morgan fingerprint density at radius 1 is 1.07 bits per heavy atom. The first kappa shape index (κ1) is 17.5. The van der Waals surface area contributed by atoms with Gasteiger partial charge < -0.3 is 10.6 Å². The molecule has 3 aliphatic carbocycles. The van der Waals surface area contributed by atoms with Gasteiger partial charge in [0.1, 0.15) is 0 Å². The van der Waals surface area contributed by atoms with Crippen molar-refractivity contribution in [3.63, 3.8) is 0 Å². The molecule has 3 aliphatic rings. The van der Waals surface area contributed by atoms with Crippen LogP contribution in [0.3, 0.4) is 0 Å². The Morgan fingerprint density at radius 2 is 1.93 bits per heavy atom. The molecular weight excluding hydrogens is 338 g/mol. The van der Waals surface area contributed by atoms with E-state index in [1.54, 1.807) is 12.3 Å². The van der Waals surface area contributed by atoms with Crippen molar-refractivity contribution in [2.75, 3.05) is 5.32 Å². The minimum Gasteiger partial charge on any atom is -0.349 e. The number of nitrogens with one attached hydrogen (secondary N) is 2. The summed E-state index contributed by atoms with van der Waals surface area (Å²) in [5, 5.41) is 5.99. The van der Waals surface area contributed by atoms with Crippen molar-refractivity contribution >= 4 is 17.5 Å². The Balaban J connectivity index is 1.51. The van der Waals surface area contributed by atoms with E-state index in [1.807, 2.05) is 30.4 Å². The quantitative estimate of drug-likeness (QED) is 0.859. The van der Waals surface area contributed by atoms with Crippen LogP contribution in [0.1, 0.15) is 42.5 Å². The first-order valence-corrected chi connectivity index (χ1v) is 9.53. The molecule has 0 radical (unpaired) electrons. The monoisotopic (exact) mass is 361 g/mol. The number of carbonyl (C=O) groups is 2. The fourth-order valence-corrected chi connectivity index (χ4v) is 3.95. The third kappa shape index (κ3) is 3.77. The summed E-state index contributed by atoms with van der Waals surface area (Å²) >= 11 is 0. The van der Waals surface area contributed by atoms with Crippen molar-refractivity contribution in [2.45, 2.75) is 38.1 Å². The van der Waals surface area contributed by atoms with Crippen LogP contribution in [0.25, 0.3) is 0 Å². The van der Waals surface area contributed by atoms with Crippen molar-refractivity contribution < 1.29 is 9.59 Å². The molecule has 27 heavy (non-hydrogen) atoms. The Kier molecular flexibility index (Phi) is 5.01. The van der Waals surface area contributed by atoms with Gasteiger partial charge >= 0.3 is 0 Å². The average Bonchev–Trinajstić information content (AvgIpc) is 3.21. The van der Waals surface area contributed by atoms with Crippen molar-refractivity contribution in [3.05, 3.63) is 71.6 Å². The van der Waals surface area contributed by atoms with Gasteiger partial charge in [0, 0.05) is 29.9 Å². The number of fused-ring (bicyclic) bond motifs is 1. The third-order valence-corrected chi connectivity index (χ3v) is 5.41. The van der Waals surface area contributed by atoms with Gasteiger partial charge in [-0.15, -0.1) is 0 Å². The van der Waals surface area contributed by atoms with Gasteiger partial charge in [-0.3, -0.25) is 14.6 Å². The van der Waals surface area contributed by atoms with E-state index in [-0.39, 0.29) is 23.8 Å². The predicted octanol–water partition coefficient (Wildman–Crippen LogP) is 3.69. The molecule has 1 heterocycles. The van der Waals surface area contributed by atoms with Gasteiger partial charge in [0.05, 0.1) is 11.3 Å². The molecule has 1 atom stereocenters. The molecule has 1 unspecified atom stereocenters. The Morgan fingerprint density at radius 3 is 2.78 bits per heavy atom. The molecule has 2 N–H and O–H groups in total. The van der Waals surface area contributed by atoms with Gasteiger partial charge in [0.2, 0.25) is 0 Å². The van der Waals surface area contributed by atoms with Gasteiger partial charge in [-0.05, 0) is 30.9 Å². The molecule has 0 bridgehead atoms. The molecule has 138 valence electrons. The van der Waals surface area contributed by atoms with E-state index in [0.29, 0.717) is 16.8 Å². The average molecular weight is 361 g/mol. The van der Waals surface area contributed by atoms with Crippen LogP contribution in [-0.2, 0) is 4.79 Å². The SMILES string of the molecule is O=C(Nc1ccncc1C(=O)NC1CCCC1)C1=CC=CC2=CC=CCC21. The summed E-state index contributed by atoms with van der Waals surface area (Å²) in [6.45, 7) is 0. The molecule has 0 spiro atoms. The summed E-state index contributed by atoms with van der Waals surface area (Å²) in [4.78, 5) is 29.7. The molecule has 5 nitrogen and oxygen atoms in total. The van der Waals surface area contributed by atoms with Crippen LogP contribution in [-0.4, -0.2) is 22.8 Å². The Bertz CT molecular complexity index is 873. The highest BCUT2D eigenvalue weighted by molar-refractivity contribution is 6.09. The normalized spacial score (nSPS) is 21.3. The molecule has 0 aromatic carbocycles. The van der Waals surface area contributed by atoms with Crippen LogP contribution in [0.15, 0.2) is 66.1 Å². The fraction of sp³-hybridized carbons (Fsp3) is 0.318. The lowest BCUT2D eigenvalue weighted by atomic mass is 9.81. The Hall–Kier alpha value is -2.95. The summed E-state index contributed by atoms with van der Waals surface area (Å²) < 4.78 is 0. The number of allylic oxidation sites excluding steroid dienone is 7. The molecule has 0 saturated heterocycles. The minimum absolute atomic E-state index is 0.0672. The molecule has 0 aliphatic heterocycles. The van der Waals surface area contributed by atoms with E-state index in [0.717, 1.165) is 37.7 Å². The molecule has 2 amide bonds. The van der Waals surface area contributed by atoms with Crippen LogP contribution in [0.5, 0.6) is 0 Å². The third-order valence-electron chi connectivity index (χ3n) is 5.41. The Labute approximate surface area is 159 Å². The topological polar surface area (TPSA) is 71.1 Å². The lowest BCUT2D eigenvalue weighted by molar-refractivity contribution is -0.113. The highest BCUT2D eigenvalue weighted by Gasteiger charge is 2.26. The van der Waals surface area contributed by atoms with Crippen molar-refractivity contribution in [1.82, 2.24) is 10.3 Å². The van der Waals surface area contributed by atoms with Crippen LogP contribution < -0.4 is 10.6 Å². The molecule has 5 heteroatoms. The van der Waals surface area contributed by atoms with Gasteiger partial charge in [-0.25, -0.2) is 0 Å². The van der Waals surface area contributed by atoms with Crippen LogP contribution in [0.2, 0.25) is 0 Å². The van der Waals surface area contributed by atoms with Gasteiger partial charge in [0.25, 0.3) is 11.8 Å². The van der Waals surface area contributed by atoms with Crippen molar-refractivity contribution in [2.24, 2.45) is 5.92 Å². The van der Waals surface area contributed by atoms with Gasteiger partial charge in [-0.1, -0.05) is 49.3 Å². The zero-order chi connectivity index (χ0) is 18.6. The van der Waals surface area contributed by atoms with Gasteiger partial charge in [-0.2, -0.15) is 0 Å². The van der Waals surface area contributed by atoms with E-state index in [4.69, 9.17) is 0 Å². The largest absolute Gasteiger partial charge is 0.349 e. The first-order chi connectivity index (χ1) is 13.2. The van der Waals surface area contributed by atoms with Crippen LogP contribution in [0, 0.1) is 5.92 Å². The predicted molar refractivity (Wildman–Crippen MR) is 105 cm³/mol. The smallest absolute Gasteiger partial charge is 0.255 e. The first-order valence-electron chi connectivity index (χ1n) is 9.53. The molecule has 1 aromatic rings. The van der Waals surface area contributed by atoms with Crippen molar-refractivity contribution in [3.8, 4) is 0 Å². The second-order valence-corrected chi connectivity index (χ2v) is 7.19. The summed E-state index contributed by atoms with van der Waals surface area (Å²) in [7, 11) is 0. The lowest BCUT2D eigenvalue weighted by Crippen LogP contribution is -2.33. The highest BCUT2D eigenvalue weighted by atomic mass is 16.2. The molecule has 1 aromatic heterocycles. The van der Waals surface area contributed by atoms with Gasteiger partial charge in [0.15, 0.2) is 0 Å². The fourth-order valence-electron chi connectivity index (χ4n) is 3.95. The number of anilines is 1. The zero-order valence-electron chi connectivity index (χ0n) is 15.2. The lowest BCUT2D eigenvalue weighted by Gasteiger charge is -2.24. The van der Waals surface area contributed by atoms with Crippen LogP contribution >= 0.6 is 0 Å². The molecular formula is C22H23N3O2. The molecule has 1 saturated carbocycles. The number of aromatic nitrogens is 1. The number of amides is 2. The summed E-state index contributed by atoms with van der Waals surface area (Å²) in [5.41, 5.74) is 2.76. The number of hydrogen-bond acceptors (Lipinski definition) is 3. The van der Waals surface area contributed by atoms with E-state index < -0.39 is 0 Å². The summed E-state index contributed by atoms with van der Waals surface area (Å²) in [6.07, 6.45) is 20.2. The number of rotatable bonds is 4. The summed E-state index contributed by atoms with van der Waals surface area (Å²) in [6, 6.07) is 1.90. The summed E-state index contributed by atoms with van der Waals surface area (Å²) in [5.74, 6) is -0.284. The van der Waals surface area contributed by atoms with E-state index >= 15 is 0 Å². The number of nitrogens with zero attached hydrogens (tertiary/aromatic N) is 1. The zero-order valence-corrected chi connectivity index (χ0v) is 15.2. The van der Waals surface area contributed by atoms with E-state index in [9.17, 15) is 9.59 Å². The second-order valence-electron chi connectivity index (χ2n) is 7.19. The standard InChI is InChI=1S/C22H23N3O2/c26-21(18-11-5-7-15-6-1-4-10-17(15)18)25-20-12-13-23-14-19(20)22(27)24-16-8-2-3-9-16/h1,4-7,11-14,16-17H,2-3,8-10H2,(H,24,27)(H,23,25,26). The highest BCUT2D eigenvalue weighted by Crippen LogP contribution is 2.32. The molecule has 1 fully saturated rings. The number of carbonyl (C=O) groups excluding carboxylic acids is 2. The maximum absolute atomic E-state index is 12.9. The van der Waals surface area contributed by atoms with Crippen LogP contribution in [0.4, 0.5) is 5.69 Å². The minimum atomic E-state index is -0.177. The van der Waals surface area contributed by atoms with E-state index in [1.165, 1.54) is 6.20 Å². The molecule has 4 rings (SSSR count). The second kappa shape index (κ2) is 7.74. The van der Waals surface area contributed by atoms with E-state index in [2.05, 4.69) is 21.7 Å². The number of pyridine rings is 1. The number of hydrogen-bond donors (Lipinski definition) is 2. The maximum Gasteiger partial charge on any atom is 0.255 e. The maximum atomic E-state index is 12.9.